The van der Waals surface area contributed by atoms with Crippen molar-refractivity contribution in [3.63, 3.8) is 0 Å². The van der Waals surface area contributed by atoms with E-state index in [1.54, 1.807) is 0 Å². The zero-order valence-electron chi connectivity index (χ0n) is 14.1. The average molecular weight is 299 g/mol. The molecule has 0 radical (unpaired) electrons. The Kier molecular flexibility index (Phi) is 9.13. The zero-order valence-corrected chi connectivity index (χ0v) is 14.1. The van der Waals surface area contributed by atoms with E-state index >= 15 is 0 Å². The van der Waals surface area contributed by atoms with Crippen LogP contribution in [0.2, 0.25) is 0 Å². The van der Waals surface area contributed by atoms with Gasteiger partial charge in [-0.05, 0) is 45.4 Å². The van der Waals surface area contributed by atoms with Crippen molar-refractivity contribution in [1.29, 1.82) is 0 Å². The van der Waals surface area contributed by atoms with Crippen LogP contribution < -0.4 is 0 Å². The maximum absolute atomic E-state index is 11.7. The van der Waals surface area contributed by atoms with E-state index < -0.39 is 0 Å². The number of carbonyl (C=O) groups excluding carboxylic acids is 1. The smallest absolute Gasteiger partial charge is 0.127 e. The van der Waals surface area contributed by atoms with Gasteiger partial charge in [-0.15, -0.1) is 0 Å². The molecule has 0 N–H and O–H groups in total. The van der Waals surface area contributed by atoms with Crippen LogP contribution in [0.5, 0.6) is 0 Å². The van der Waals surface area contributed by atoms with Gasteiger partial charge in [0.25, 0.3) is 0 Å². The first kappa shape index (κ1) is 18.6. The Balaban J connectivity index is 2.52. The van der Waals surface area contributed by atoms with Gasteiger partial charge in [-0.2, -0.15) is 0 Å². The molecule has 1 aliphatic rings. The molecule has 0 aliphatic heterocycles. The van der Waals surface area contributed by atoms with Crippen LogP contribution in [-0.4, -0.2) is 57.2 Å². The minimum Gasteiger partial charge on any atom is -0.380 e. The van der Waals surface area contributed by atoms with Crippen molar-refractivity contribution < 1.29 is 14.3 Å². The van der Waals surface area contributed by atoms with Crippen molar-refractivity contribution in [2.75, 3.05) is 46.1 Å². The molecule has 4 heteroatoms. The van der Waals surface area contributed by atoms with Gasteiger partial charge in [-0.1, -0.05) is 6.92 Å². The van der Waals surface area contributed by atoms with Gasteiger partial charge in [0.1, 0.15) is 6.29 Å². The third-order valence-electron chi connectivity index (χ3n) is 4.57. The molecule has 4 nitrogen and oxygen atoms in total. The summed E-state index contributed by atoms with van der Waals surface area (Å²) in [5.41, 5.74) is -0.148. The van der Waals surface area contributed by atoms with Gasteiger partial charge in [0, 0.05) is 38.3 Å². The van der Waals surface area contributed by atoms with Crippen molar-refractivity contribution in [2.24, 2.45) is 11.3 Å². The second kappa shape index (κ2) is 10.3. The molecule has 0 aromatic rings. The molecule has 0 spiro atoms. The van der Waals surface area contributed by atoms with Gasteiger partial charge >= 0.3 is 0 Å². The largest absolute Gasteiger partial charge is 0.380 e. The summed E-state index contributed by atoms with van der Waals surface area (Å²) in [4.78, 5) is 14.0. The number of nitrogens with zero attached hydrogens (tertiary/aromatic N) is 1. The molecule has 21 heavy (non-hydrogen) atoms. The SMILES string of the molecule is CCOCCN(CCOCC)CC1(C=O)CCC(C)CC1. The quantitative estimate of drug-likeness (QED) is 0.434. The Bertz CT molecular complexity index is 265. The molecule has 1 rings (SSSR count). The minimum absolute atomic E-state index is 0.148. The van der Waals surface area contributed by atoms with Gasteiger partial charge in [0.05, 0.1) is 13.2 Å². The summed E-state index contributed by atoms with van der Waals surface area (Å²) in [5, 5.41) is 0. The standard InChI is InChI=1S/C17H33NO3/c1-4-20-12-10-18(11-13-21-5-2)14-17(15-19)8-6-16(3)7-9-17/h15-16H,4-14H2,1-3H3. The van der Waals surface area contributed by atoms with Crippen molar-refractivity contribution in [3.8, 4) is 0 Å². The average Bonchev–Trinajstić information content (AvgIpc) is 2.50. The third-order valence-corrected chi connectivity index (χ3v) is 4.57. The van der Waals surface area contributed by atoms with E-state index in [4.69, 9.17) is 9.47 Å². The summed E-state index contributed by atoms with van der Waals surface area (Å²) in [6, 6.07) is 0. The van der Waals surface area contributed by atoms with Gasteiger partial charge < -0.3 is 14.3 Å². The van der Waals surface area contributed by atoms with Crippen molar-refractivity contribution in [3.05, 3.63) is 0 Å². The van der Waals surface area contributed by atoms with Crippen LogP contribution in [0.3, 0.4) is 0 Å². The summed E-state index contributed by atoms with van der Waals surface area (Å²) in [7, 11) is 0. The number of hydrogen-bond donors (Lipinski definition) is 0. The second-order valence-corrected chi connectivity index (χ2v) is 6.33. The molecule has 1 aliphatic carbocycles. The molecule has 0 unspecified atom stereocenters. The lowest BCUT2D eigenvalue weighted by atomic mass is 9.71. The van der Waals surface area contributed by atoms with E-state index in [1.807, 2.05) is 13.8 Å². The van der Waals surface area contributed by atoms with Crippen molar-refractivity contribution in [2.45, 2.75) is 46.5 Å². The lowest BCUT2D eigenvalue weighted by Gasteiger charge is -2.38. The van der Waals surface area contributed by atoms with Crippen LogP contribution in [0.25, 0.3) is 0 Å². The summed E-state index contributed by atoms with van der Waals surface area (Å²) in [5.74, 6) is 0.762. The monoisotopic (exact) mass is 299 g/mol. The minimum atomic E-state index is -0.148. The number of carbonyl (C=O) groups is 1. The number of aldehydes is 1. The third kappa shape index (κ3) is 6.90. The summed E-state index contributed by atoms with van der Waals surface area (Å²) < 4.78 is 10.9. The zero-order chi connectivity index (χ0) is 15.6. The van der Waals surface area contributed by atoms with Gasteiger partial charge in [0.2, 0.25) is 0 Å². The highest BCUT2D eigenvalue weighted by Gasteiger charge is 2.35. The summed E-state index contributed by atoms with van der Waals surface area (Å²) in [6.07, 6.45) is 5.61. The molecular weight excluding hydrogens is 266 g/mol. The first-order chi connectivity index (χ1) is 10.2. The van der Waals surface area contributed by atoms with Gasteiger partial charge in [-0.25, -0.2) is 0 Å². The molecule has 0 heterocycles. The van der Waals surface area contributed by atoms with Crippen LogP contribution in [0.15, 0.2) is 0 Å². The highest BCUT2D eigenvalue weighted by Crippen LogP contribution is 2.37. The lowest BCUT2D eigenvalue weighted by molar-refractivity contribution is -0.120. The summed E-state index contributed by atoms with van der Waals surface area (Å²) >= 11 is 0. The van der Waals surface area contributed by atoms with Crippen LogP contribution in [-0.2, 0) is 14.3 Å². The Hall–Kier alpha value is -0.450. The maximum Gasteiger partial charge on any atom is 0.127 e. The fraction of sp³-hybridized carbons (Fsp3) is 0.941. The van der Waals surface area contributed by atoms with Crippen molar-refractivity contribution in [1.82, 2.24) is 4.90 Å². The molecule has 0 atom stereocenters. The van der Waals surface area contributed by atoms with Crippen LogP contribution in [0.4, 0.5) is 0 Å². The Morgan fingerprint density at radius 1 is 1.10 bits per heavy atom. The van der Waals surface area contributed by atoms with E-state index in [-0.39, 0.29) is 5.41 Å². The van der Waals surface area contributed by atoms with E-state index in [0.717, 1.165) is 64.8 Å². The molecular formula is C17H33NO3. The molecule has 1 saturated carbocycles. The van der Waals surface area contributed by atoms with Gasteiger partial charge in [0.15, 0.2) is 0 Å². The molecule has 0 saturated heterocycles. The van der Waals surface area contributed by atoms with Crippen LogP contribution >= 0.6 is 0 Å². The predicted octanol–water partition coefficient (Wildman–Crippen LogP) is 2.76. The molecule has 0 bridgehead atoms. The van der Waals surface area contributed by atoms with Gasteiger partial charge in [-0.3, -0.25) is 4.90 Å². The second-order valence-electron chi connectivity index (χ2n) is 6.33. The molecule has 124 valence electrons. The maximum atomic E-state index is 11.7. The van der Waals surface area contributed by atoms with E-state index in [2.05, 4.69) is 11.8 Å². The fourth-order valence-electron chi connectivity index (χ4n) is 3.04. The van der Waals surface area contributed by atoms with E-state index in [0.29, 0.717) is 0 Å². The Labute approximate surface area is 130 Å². The van der Waals surface area contributed by atoms with Crippen LogP contribution in [0.1, 0.15) is 46.5 Å². The molecule has 0 aromatic heterocycles. The van der Waals surface area contributed by atoms with Crippen molar-refractivity contribution >= 4 is 6.29 Å². The van der Waals surface area contributed by atoms with E-state index in [1.165, 1.54) is 19.1 Å². The topological polar surface area (TPSA) is 38.8 Å². The highest BCUT2D eigenvalue weighted by atomic mass is 16.5. The first-order valence-corrected chi connectivity index (χ1v) is 8.50. The Morgan fingerprint density at radius 2 is 1.62 bits per heavy atom. The normalized spacial score (nSPS) is 26.2. The molecule has 0 aromatic carbocycles. The lowest BCUT2D eigenvalue weighted by Crippen LogP contribution is -2.43. The number of rotatable bonds is 11. The molecule has 1 fully saturated rings. The first-order valence-electron chi connectivity index (χ1n) is 8.50. The Morgan fingerprint density at radius 3 is 2.05 bits per heavy atom. The van der Waals surface area contributed by atoms with Crippen LogP contribution in [0, 0.1) is 11.3 Å². The number of ether oxygens (including phenoxy) is 2. The number of hydrogen-bond acceptors (Lipinski definition) is 4. The molecule has 0 amide bonds. The summed E-state index contributed by atoms with van der Waals surface area (Å²) in [6.45, 7) is 11.9. The fourth-order valence-corrected chi connectivity index (χ4v) is 3.04. The predicted molar refractivity (Wildman–Crippen MR) is 85.6 cm³/mol. The highest BCUT2D eigenvalue weighted by molar-refractivity contribution is 5.60. The van der Waals surface area contributed by atoms with E-state index in [9.17, 15) is 4.79 Å².